The molecule has 0 radical (unpaired) electrons. The highest BCUT2D eigenvalue weighted by atomic mass is 16.5. The molecule has 1 aromatic rings. The van der Waals surface area contributed by atoms with Gasteiger partial charge >= 0.3 is 5.69 Å². The molecule has 1 aromatic heterocycles. The predicted molar refractivity (Wildman–Crippen MR) is 65.5 cm³/mol. The Kier molecular flexibility index (Phi) is 3.85. The number of nitrogens with zero attached hydrogens (tertiary/aromatic N) is 1. The van der Waals surface area contributed by atoms with Crippen LogP contribution in [0.4, 0.5) is 0 Å². The summed E-state index contributed by atoms with van der Waals surface area (Å²) in [5, 5.41) is 18.6. The van der Waals surface area contributed by atoms with Gasteiger partial charge in [-0.05, 0) is 6.92 Å². The van der Waals surface area contributed by atoms with E-state index in [0.717, 1.165) is 0 Å². The first-order chi connectivity index (χ1) is 9.06. The molecule has 0 aliphatic carbocycles. The fraction of sp³-hybridized carbons (Fsp3) is 0.500. The molecule has 2 heterocycles. The maximum Gasteiger partial charge on any atom is 0.330 e. The van der Waals surface area contributed by atoms with Crippen LogP contribution >= 0.6 is 0 Å². The number of hydrogen-bond acceptors (Lipinski definition) is 5. The number of ether oxygens (including phenoxy) is 1. The Morgan fingerprint density at radius 1 is 1.58 bits per heavy atom. The van der Waals surface area contributed by atoms with Crippen LogP contribution < -0.4 is 11.2 Å². The summed E-state index contributed by atoms with van der Waals surface area (Å²) >= 11 is 0. The van der Waals surface area contributed by atoms with Gasteiger partial charge in [-0.15, -0.1) is 5.92 Å². The van der Waals surface area contributed by atoms with Crippen molar-refractivity contribution >= 4 is 0 Å². The lowest BCUT2D eigenvalue weighted by Crippen LogP contribution is -2.33. The van der Waals surface area contributed by atoms with Crippen LogP contribution in [0.5, 0.6) is 0 Å². The SMILES string of the molecule is CC#Cc1cn([C@@H]2C[C@H](O)[C@@H](CO)O2)c(=O)[nH]c1=O. The van der Waals surface area contributed by atoms with Crippen LogP contribution in [-0.2, 0) is 4.74 Å². The zero-order chi connectivity index (χ0) is 14.0. The van der Waals surface area contributed by atoms with E-state index in [1.165, 1.54) is 10.8 Å². The highest BCUT2D eigenvalue weighted by Gasteiger charge is 2.35. The molecule has 0 saturated carbocycles. The summed E-state index contributed by atoms with van der Waals surface area (Å²) in [6.45, 7) is 1.24. The van der Waals surface area contributed by atoms with Crippen molar-refractivity contribution in [1.82, 2.24) is 9.55 Å². The van der Waals surface area contributed by atoms with Gasteiger partial charge in [0.1, 0.15) is 17.9 Å². The Labute approximate surface area is 108 Å². The molecule has 0 amide bonds. The third-order valence-corrected chi connectivity index (χ3v) is 2.92. The van der Waals surface area contributed by atoms with Crippen molar-refractivity contribution in [2.75, 3.05) is 6.61 Å². The average Bonchev–Trinajstić information content (AvgIpc) is 2.74. The van der Waals surface area contributed by atoms with Gasteiger partial charge in [0.25, 0.3) is 5.56 Å². The first kappa shape index (κ1) is 13.5. The van der Waals surface area contributed by atoms with Crippen LogP contribution in [0, 0.1) is 11.8 Å². The molecular weight excluding hydrogens is 252 g/mol. The largest absolute Gasteiger partial charge is 0.394 e. The minimum Gasteiger partial charge on any atom is -0.394 e. The molecule has 0 aromatic carbocycles. The number of rotatable bonds is 2. The summed E-state index contributed by atoms with van der Waals surface area (Å²) < 4.78 is 6.52. The number of aliphatic hydroxyl groups is 2. The lowest BCUT2D eigenvalue weighted by atomic mass is 10.2. The molecule has 0 spiro atoms. The van der Waals surface area contributed by atoms with Crippen LogP contribution in [0.15, 0.2) is 15.8 Å². The van der Waals surface area contributed by atoms with Crippen molar-refractivity contribution < 1.29 is 14.9 Å². The lowest BCUT2D eigenvalue weighted by molar-refractivity contribution is -0.0459. The first-order valence-electron chi connectivity index (χ1n) is 5.79. The van der Waals surface area contributed by atoms with Crippen molar-refractivity contribution in [3.63, 3.8) is 0 Å². The molecule has 19 heavy (non-hydrogen) atoms. The van der Waals surface area contributed by atoms with E-state index in [2.05, 4.69) is 16.8 Å². The molecule has 102 valence electrons. The lowest BCUT2D eigenvalue weighted by Gasteiger charge is -2.14. The quantitative estimate of drug-likeness (QED) is 0.568. The van der Waals surface area contributed by atoms with E-state index < -0.39 is 29.7 Å². The number of hydrogen-bond donors (Lipinski definition) is 3. The van der Waals surface area contributed by atoms with Gasteiger partial charge in [-0.3, -0.25) is 14.3 Å². The van der Waals surface area contributed by atoms with Gasteiger partial charge in [-0.25, -0.2) is 4.79 Å². The normalized spacial score (nSPS) is 25.9. The Morgan fingerprint density at radius 3 is 2.89 bits per heavy atom. The Morgan fingerprint density at radius 2 is 2.32 bits per heavy atom. The topological polar surface area (TPSA) is 105 Å². The smallest absolute Gasteiger partial charge is 0.330 e. The zero-order valence-electron chi connectivity index (χ0n) is 10.3. The summed E-state index contributed by atoms with van der Waals surface area (Å²) in [6, 6.07) is 0. The van der Waals surface area contributed by atoms with E-state index in [1.54, 1.807) is 6.92 Å². The summed E-state index contributed by atoms with van der Waals surface area (Å²) in [5.74, 6) is 5.16. The summed E-state index contributed by atoms with van der Waals surface area (Å²) in [7, 11) is 0. The van der Waals surface area contributed by atoms with Crippen molar-refractivity contribution in [3.8, 4) is 11.8 Å². The van der Waals surface area contributed by atoms with E-state index in [1.807, 2.05) is 0 Å². The molecule has 1 saturated heterocycles. The molecule has 3 atom stereocenters. The maximum absolute atomic E-state index is 11.7. The zero-order valence-corrected chi connectivity index (χ0v) is 10.3. The van der Waals surface area contributed by atoms with Gasteiger partial charge in [0.05, 0.1) is 12.7 Å². The Bertz CT molecular complexity index is 636. The molecule has 7 nitrogen and oxygen atoms in total. The molecule has 3 N–H and O–H groups in total. The second kappa shape index (κ2) is 5.40. The Hall–Kier alpha value is -1.88. The van der Waals surface area contributed by atoms with Crippen LogP contribution in [0.1, 0.15) is 25.1 Å². The number of aromatic amines is 1. The Balaban J connectivity index is 2.40. The standard InChI is InChI=1S/C12H14N2O5/c1-2-3-7-5-14(12(18)13-11(7)17)10-4-8(16)9(6-15)19-10/h5,8-10,15-16H,4,6H2,1H3,(H,13,17,18)/t8-,9+,10-/m0/s1. The van der Waals surface area contributed by atoms with E-state index in [4.69, 9.17) is 9.84 Å². The third kappa shape index (κ3) is 2.61. The van der Waals surface area contributed by atoms with Crippen molar-refractivity contribution in [2.45, 2.75) is 31.8 Å². The second-order valence-corrected chi connectivity index (χ2v) is 4.20. The van der Waals surface area contributed by atoms with Gasteiger partial charge in [0, 0.05) is 12.6 Å². The van der Waals surface area contributed by atoms with Crippen LogP contribution in [0.3, 0.4) is 0 Å². The minimum atomic E-state index is -0.852. The monoisotopic (exact) mass is 266 g/mol. The second-order valence-electron chi connectivity index (χ2n) is 4.20. The first-order valence-corrected chi connectivity index (χ1v) is 5.79. The summed E-state index contributed by atoms with van der Waals surface area (Å²) in [6.07, 6.45) is -0.849. The summed E-state index contributed by atoms with van der Waals surface area (Å²) in [5.41, 5.74) is -1.05. The average molecular weight is 266 g/mol. The molecule has 7 heteroatoms. The van der Waals surface area contributed by atoms with Crippen LogP contribution in [0.25, 0.3) is 0 Å². The third-order valence-electron chi connectivity index (χ3n) is 2.92. The van der Waals surface area contributed by atoms with Crippen molar-refractivity contribution in [2.24, 2.45) is 0 Å². The van der Waals surface area contributed by atoms with Crippen LogP contribution in [0.2, 0.25) is 0 Å². The number of nitrogens with one attached hydrogen (secondary N) is 1. The van der Waals surface area contributed by atoms with Gasteiger partial charge in [0.2, 0.25) is 0 Å². The van der Waals surface area contributed by atoms with E-state index in [-0.39, 0.29) is 18.6 Å². The molecule has 0 bridgehead atoms. The van der Waals surface area contributed by atoms with Gasteiger partial charge in [0.15, 0.2) is 0 Å². The summed E-state index contributed by atoms with van der Waals surface area (Å²) in [4.78, 5) is 25.3. The fourth-order valence-electron chi connectivity index (χ4n) is 1.97. The molecule has 1 aliphatic heterocycles. The number of aliphatic hydroxyl groups excluding tert-OH is 2. The molecule has 2 rings (SSSR count). The highest BCUT2D eigenvalue weighted by Crippen LogP contribution is 2.27. The minimum absolute atomic E-state index is 0.146. The number of H-pyrrole nitrogens is 1. The van der Waals surface area contributed by atoms with E-state index in [9.17, 15) is 14.7 Å². The van der Waals surface area contributed by atoms with Crippen LogP contribution in [-0.4, -0.2) is 38.6 Å². The van der Waals surface area contributed by atoms with Gasteiger partial charge in [-0.2, -0.15) is 0 Å². The molecular formula is C12H14N2O5. The van der Waals surface area contributed by atoms with E-state index >= 15 is 0 Å². The van der Waals surface area contributed by atoms with Gasteiger partial charge < -0.3 is 14.9 Å². The maximum atomic E-state index is 11.7. The molecule has 1 aliphatic rings. The number of aromatic nitrogens is 2. The predicted octanol–water partition coefficient (Wildman–Crippen LogP) is -1.45. The highest BCUT2D eigenvalue weighted by molar-refractivity contribution is 5.28. The molecule has 0 unspecified atom stereocenters. The fourth-order valence-corrected chi connectivity index (χ4v) is 1.97. The van der Waals surface area contributed by atoms with Gasteiger partial charge in [-0.1, -0.05) is 5.92 Å². The van der Waals surface area contributed by atoms with Crippen molar-refractivity contribution in [1.29, 1.82) is 0 Å². The molecule has 1 fully saturated rings. The van der Waals surface area contributed by atoms with E-state index in [0.29, 0.717) is 0 Å². The van der Waals surface area contributed by atoms with Crippen molar-refractivity contribution in [3.05, 3.63) is 32.6 Å².